The number of hydrogen-bond donors (Lipinski definition) is 1. The minimum Gasteiger partial charge on any atom is -0.481 e. The molecule has 0 bridgehead atoms. The van der Waals surface area contributed by atoms with Crippen LogP contribution in [0.3, 0.4) is 0 Å². The lowest BCUT2D eigenvalue weighted by atomic mass is 9.95. The topological polar surface area (TPSA) is 66.8 Å². The fourth-order valence-corrected chi connectivity index (χ4v) is 1.31. The lowest BCUT2D eigenvalue weighted by molar-refractivity contribution is -0.148. The van der Waals surface area contributed by atoms with Gasteiger partial charge in [0.25, 0.3) is 0 Å². The second-order valence-corrected chi connectivity index (χ2v) is 4.59. The van der Waals surface area contributed by atoms with Gasteiger partial charge in [0.15, 0.2) is 0 Å². The van der Waals surface area contributed by atoms with Gasteiger partial charge in [-0.15, -0.1) is 0 Å². The number of rotatable bonds is 7. The number of hydrogen-bond acceptors (Lipinski definition) is 3. The molecule has 0 aromatic rings. The number of ether oxygens (including phenoxy) is 1. The van der Waals surface area contributed by atoms with Crippen molar-refractivity contribution in [3.05, 3.63) is 0 Å². The summed E-state index contributed by atoms with van der Waals surface area (Å²) in [6, 6.07) is 0. The maximum absolute atomic E-state index is 11.9. The summed E-state index contributed by atoms with van der Waals surface area (Å²) in [4.78, 5) is 24.2. The van der Waals surface area contributed by atoms with Gasteiger partial charge in [-0.25, -0.2) is 0 Å². The Hall–Kier alpha value is -1.10. The van der Waals surface area contributed by atoms with Crippen molar-refractivity contribution in [2.75, 3.05) is 20.2 Å². The summed E-state index contributed by atoms with van der Waals surface area (Å²) >= 11 is 0. The van der Waals surface area contributed by atoms with Crippen LogP contribution in [-0.4, -0.2) is 48.2 Å². The van der Waals surface area contributed by atoms with Gasteiger partial charge in [0.2, 0.25) is 5.91 Å². The second-order valence-electron chi connectivity index (χ2n) is 4.59. The van der Waals surface area contributed by atoms with E-state index in [0.717, 1.165) is 0 Å². The molecule has 5 nitrogen and oxygen atoms in total. The first kappa shape index (κ1) is 15.9. The zero-order valence-corrected chi connectivity index (χ0v) is 11.3. The Labute approximate surface area is 103 Å². The largest absolute Gasteiger partial charge is 0.481 e. The Morgan fingerprint density at radius 2 is 1.71 bits per heavy atom. The van der Waals surface area contributed by atoms with Gasteiger partial charge in [0, 0.05) is 19.5 Å². The van der Waals surface area contributed by atoms with Crippen molar-refractivity contribution in [2.24, 2.45) is 11.8 Å². The number of carboxylic acid groups (broad SMARTS) is 1. The first-order valence-corrected chi connectivity index (χ1v) is 5.86. The van der Waals surface area contributed by atoms with Crippen molar-refractivity contribution in [1.82, 2.24) is 4.90 Å². The van der Waals surface area contributed by atoms with Crippen LogP contribution in [0.15, 0.2) is 0 Å². The number of carboxylic acids is 1. The van der Waals surface area contributed by atoms with Crippen molar-refractivity contribution in [2.45, 2.75) is 33.8 Å². The predicted molar refractivity (Wildman–Crippen MR) is 64.7 cm³/mol. The monoisotopic (exact) mass is 245 g/mol. The summed E-state index contributed by atoms with van der Waals surface area (Å²) < 4.78 is 5.34. The Morgan fingerprint density at radius 3 is 2.12 bits per heavy atom. The summed E-state index contributed by atoms with van der Waals surface area (Å²) in [7, 11) is 1.66. The molecule has 1 amide bonds. The fraction of sp³-hybridized carbons (Fsp3) is 0.833. The summed E-state index contributed by atoms with van der Waals surface area (Å²) in [6.45, 7) is 7.99. The van der Waals surface area contributed by atoms with Crippen LogP contribution in [0.2, 0.25) is 0 Å². The summed E-state index contributed by atoms with van der Waals surface area (Å²) in [6.07, 6.45) is 0.133. The normalized spacial score (nSPS) is 14.5. The molecular weight excluding hydrogens is 222 g/mol. The number of likely N-dealkylation sites (N-methyl/N-ethyl adjacent to an activating group) is 1. The van der Waals surface area contributed by atoms with E-state index in [9.17, 15) is 9.59 Å². The molecule has 5 heteroatoms. The van der Waals surface area contributed by atoms with Gasteiger partial charge in [-0.05, 0) is 13.8 Å². The van der Waals surface area contributed by atoms with Crippen LogP contribution < -0.4 is 0 Å². The molecule has 0 aliphatic rings. The molecule has 2 atom stereocenters. The number of nitrogens with zero attached hydrogens (tertiary/aromatic N) is 1. The van der Waals surface area contributed by atoms with E-state index in [4.69, 9.17) is 9.84 Å². The van der Waals surface area contributed by atoms with Crippen molar-refractivity contribution in [1.29, 1.82) is 0 Å². The van der Waals surface area contributed by atoms with Crippen LogP contribution in [0, 0.1) is 11.8 Å². The molecule has 0 radical (unpaired) electrons. The minimum absolute atomic E-state index is 0.133. The van der Waals surface area contributed by atoms with Gasteiger partial charge in [-0.1, -0.05) is 13.8 Å². The minimum atomic E-state index is -0.947. The van der Waals surface area contributed by atoms with Crippen LogP contribution in [0.25, 0.3) is 0 Å². The number of carbonyl (C=O) groups excluding carboxylic acids is 1. The third kappa shape index (κ3) is 5.68. The quantitative estimate of drug-likeness (QED) is 0.732. The van der Waals surface area contributed by atoms with Crippen LogP contribution in [0.5, 0.6) is 0 Å². The van der Waals surface area contributed by atoms with Gasteiger partial charge in [-0.2, -0.15) is 0 Å². The van der Waals surface area contributed by atoms with Gasteiger partial charge in [0.1, 0.15) is 0 Å². The van der Waals surface area contributed by atoms with Crippen LogP contribution in [-0.2, 0) is 14.3 Å². The molecule has 0 saturated carbocycles. The average molecular weight is 245 g/mol. The van der Waals surface area contributed by atoms with Crippen LogP contribution >= 0.6 is 0 Å². The number of carbonyl (C=O) groups is 2. The van der Waals surface area contributed by atoms with E-state index in [1.807, 2.05) is 13.8 Å². The van der Waals surface area contributed by atoms with Crippen molar-refractivity contribution < 1.29 is 19.4 Å². The zero-order valence-electron chi connectivity index (χ0n) is 11.3. The van der Waals surface area contributed by atoms with E-state index >= 15 is 0 Å². The lowest BCUT2D eigenvalue weighted by Crippen LogP contribution is -2.38. The SMILES string of the molecule is CC(C)OCCN(C)C(=O)C(C)C(C)C(=O)O. The smallest absolute Gasteiger partial charge is 0.307 e. The molecule has 0 heterocycles. The first-order chi connectivity index (χ1) is 7.77. The number of amides is 1. The van der Waals surface area contributed by atoms with E-state index in [1.165, 1.54) is 4.90 Å². The zero-order chi connectivity index (χ0) is 13.6. The Balaban J connectivity index is 4.16. The summed E-state index contributed by atoms with van der Waals surface area (Å²) in [5.41, 5.74) is 0. The van der Waals surface area contributed by atoms with E-state index in [2.05, 4.69) is 0 Å². The highest BCUT2D eigenvalue weighted by molar-refractivity contribution is 5.84. The summed E-state index contributed by atoms with van der Waals surface area (Å²) in [5, 5.41) is 8.84. The Bertz CT molecular complexity index is 265. The Morgan fingerprint density at radius 1 is 1.18 bits per heavy atom. The maximum Gasteiger partial charge on any atom is 0.307 e. The van der Waals surface area contributed by atoms with Crippen LogP contribution in [0.1, 0.15) is 27.7 Å². The van der Waals surface area contributed by atoms with Crippen molar-refractivity contribution in [3.63, 3.8) is 0 Å². The highest BCUT2D eigenvalue weighted by Gasteiger charge is 2.27. The molecular formula is C12H23NO4. The Kier molecular flexibility index (Phi) is 6.80. The molecule has 2 unspecified atom stereocenters. The molecule has 0 aliphatic carbocycles. The van der Waals surface area contributed by atoms with Gasteiger partial charge < -0.3 is 14.7 Å². The number of aliphatic carboxylic acids is 1. The summed E-state index contributed by atoms with van der Waals surface area (Å²) in [5.74, 6) is -2.29. The molecule has 0 spiro atoms. The second kappa shape index (κ2) is 7.27. The third-order valence-corrected chi connectivity index (χ3v) is 2.78. The van der Waals surface area contributed by atoms with Crippen molar-refractivity contribution >= 4 is 11.9 Å². The highest BCUT2D eigenvalue weighted by atomic mass is 16.5. The maximum atomic E-state index is 11.9. The van der Waals surface area contributed by atoms with E-state index in [1.54, 1.807) is 20.9 Å². The third-order valence-electron chi connectivity index (χ3n) is 2.78. The predicted octanol–water partition coefficient (Wildman–Crippen LogP) is 1.23. The molecule has 0 fully saturated rings. The molecule has 0 saturated heterocycles. The van der Waals surface area contributed by atoms with Crippen molar-refractivity contribution in [3.8, 4) is 0 Å². The van der Waals surface area contributed by atoms with Gasteiger partial charge in [0.05, 0.1) is 18.6 Å². The molecule has 0 aromatic carbocycles. The highest BCUT2D eigenvalue weighted by Crippen LogP contribution is 2.13. The lowest BCUT2D eigenvalue weighted by Gasteiger charge is -2.23. The average Bonchev–Trinajstić information content (AvgIpc) is 2.25. The van der Waals surface area contributed by atoms with Gasteiger partial charge in [-0.3, -0.25) is 9.59 Å². The van der Waals surface area contributed by atoms with E-state index in [0.29, 0.717) is 13.2 Å². The first-order valence-electron chi connectivity index (χ1n) is 5.86. The van der Waals surface area contributed by atoms with Gasteiger partial charge >= 0.3 is 5.97 Å². The standard InChI is InChI=1S/C12H23NO4/c1-8(2)17-7-6-13(5)11(14)9(3)10(4)12(15)16/h8-10H,6-7H2,1-5H3,(H,15,16). The molecule has 0 aliphatic heterocycles. The molecule has 0 aromatic heterocycles. The molecule has 1 N–H and O–H groups in total. The molecule has 17 heavy (non-hydrogen) atoms. The molecule has 0 rings (SSSR count). The fourth-order valence-electron chi connectivity index (χ4n) is 1.31. The van der Waals surface area contributed by atoms with E-state index < -0.39 is 17.8 Å². The van der Waals surface area contributed by atoms with Crippen LogP contribution in [0.4, 0.5) is 0 Å². The molecule has 100 valence electrons. The van der Waals surface area contributed by atoms with E-state index in [-0.39, 0.29) is 12.0 Å².